The molecule has 0 aliphatic rings. The third-order valence-corrected chi connectivity index (χ3v) is 14.2. The topological polar surface area (TPSA) is 143 Å². The van der Waals surface area contributed by atoms with Crippen molar-refractivity contribution in [1.82, 2.24) is 40.4 Å². The summed E-state index contributed by atoms with van der Waals surface area (Å²) in [4.78, 5) is 0. The van der Waals surface area contributed by atoms with Gasteiger partial charge < -0.3 is 26.6 Å². The predicted molar refractivity (Wildman–Crippen MR) is 185 cm³/mol. The maximum atomic E-state index is 5.97. The Kier molecular flexibility index (Phi) is 22.4. The maximum Gasteiger partial charge on any atom is 0.500 e. The van der Waals surface area contributed by atoms with Crippen LogP contribution in [-0.4, -0.2) is 97.7 Å². The van der Waals surface area contributed by atoms with E-state index in [0.717, 1.165) is 75.4 Å². The Morgan fingerprint density at radius 2 is 0.723 bits per heavy atom. The van der Waals surface area contributed by atoms with Gasteiger partial charge in [-0.25, -0.2) is 9.36 Å². The van der Waals surface area contributed by atoms with Crippen LogP contribution in [0.15, 0.2) is 0 Å². The lowest BCUT2D eigenvalue weighted by atomic mass is 10.1. The molecule has 0 aliphatic carbocycles. The van der Waals surface area contributed by atoms with Crippen LogP contribution in [0.3, 0.4) is 0 Å². The summed E-state index contributed by atoms with van der Waals surface area (Å²) < 4.78 is 39.7. The van der Waals surface area contributed by atoms with E-state index in [1.807, 2.05) is 50.9 Å². The highest BCUT2D eigenvalue weighted by atomic mass is 28.4. The average molecular weight is 701 g/mol. The zero-order chi connectivity index (χ0) is 34.1. The van der Waals surface area contributed by atoms with Gasteiger partial charge in [0.25, 0.3) is 0 Å². The SMILES string of the molecule is CCO[Si](CCCn1nnnc1CCCCCCCCCCCc1nnnn1CCC[Si](OCC)(OCC)OCC)(OCC)OCC. The zero-order valence-electron chi connectivity index (χ0n) is 30.3. The summed E-state index contributed by atoms with van der Waals surface area (Å²) in [7, 11) is -5.27. The van der Waals surface area contributed by atoms with Crippen molar-refractivity contribution in [2.24, 2.45) is 0 Å². The lowest BCUT2D eigenvalue weighted by molar-refractivity contribution is 0.0696. The molecule has 0 radical (unpaired) electrons. The molecular formula is C31H64N8O6Si2. The first-order valence-corrected chi connectivity index (χ1v) is 22.2. The summed E-state index contributed by atoms with van der Waals surface area (Å²) in [6, 6.07) is 1.53. The van der Waals surface area contributed by atoms with Gasteiger partial charge >= 0.3 is 17.6 Å². The van der Waals surface area contributed by atoms with E-state index in [1.54, 1.807) is 0 Å². The van der Waals surface area contributed by atoms with E-state index in [4.69, 9.17) is 26.6 Å². The van der Waals surface area contributed by atoms with E-state index in [2.05, 4.69) is 31.1 Å². The Morgan fingerprint density at radius 3 is 1.02 bits per heavy atom. The number of rotatable bonds is 32. The van der Waals surface area contributed by atoms with Crippen LogP contribution in [0.4, 0.5) is 0 Å². The predicted octanol–water partition coefficient (Wildman–Crippen LogP) is 5.83. The molecule has 0 unspecified atom stereocenters. The average Bonchev–Trinajstić information content (AvgIpc) is 3.70. The van der Waals surface area contributed by atoms with Gasteiger partial charge in [0.2, 0.25) is 0 Å². The number of aromatic nitrogens is 8. The number of aryl methyl sites for hydroxylation is 4. The van der Waals surface area contributed by atoms with E-state index >= 15 is 0 Å². The van der Waals surface area contributed by atoms with Crippen LogP contribution in [-0.2, 0) is 52.5 Å². The van der Waals surface area contributed by atoms with E-state index in [1.165, 1.54) is 44.9 Å². The van der Waals surface area contributed by atoms with Crippen molar-refractivity contribution < 1.29 is 26.6 Å². The minimum Gasteiger partial charge on any atom is -0.374 e. The van der Waals surface area contributed by atoms with Crippen LogP contribution >= 0.6 is 0 Å². The van der Waals surface area contributed by atoms with Gasteiger partial charge in [-0.1, -0.05) is 44.9 Å². The quantitative estimate of drug-likeness (QED) is 0.0669. The van der Waals surface area contributed by atoms with E-state index in [0.29, 0.717) is 39.6 Å². The number of hydrogen-bond donors (Lipinski definition) is 0. The molecule has 2 aromatic heterocycles. The molecule has 2 aromatic rings. The number of unbranched alkanes of at least 4 members (excludes halogenated alkanes) is 8. The van der Waals surface area contributed by atoms with Crippen LogP contribution in [0.2, 0.25) is 12.1 Å². The monoisotopic (exact) mass is 700 g/mol. The lowest BCUT2D eigenvalue weighted by Gasteiger charge is -2.28. The molecule has 47 heavy (non-hydrogen) atoms. The summed E-state index contributed by atoms with van der Waals surface area (Å²) in [5.41, 5.74) is 0. The molecule has 0 spiro atoms. The molecule has 0 aliphatic heterocycles. The molecule has 2 rings (SSSR count). The Morgan fingerprint density at radius 1 is 0.426 bits per heavy atom. The van der Waals surface area contributed by atoms with Crippen molar-refractivity contribution in [2.75, 3.05) is 39.6 Å². The van der Waals surface area contributed by atoms with Crippen LogP contribution < -0.4 is 0 Å². The minimum absolute atomic E-state index is 0.593. The summed E-state index contributed by atoms with van der Waals surface area (Å²) in [5.74, 6) is 1.92. The highest BCUT2D eigenvalue weighted by Crippen LogP contribution is 2.20. The summed E-state index contributed by atoms with van der Waals surface area (Å²) in [6.45, 7) is 17.0. The van der Waals surface area contributed by atoms with Gasteiger partial charge in [0.15, 0.2) is 11.6 Å². The Bertz CT molecular complexity index is 922. The second kappa shape index (κ2) is 25.3. The van der Waals surface area contributed by atoms with E-state index in [-0.39, 0.29) is 0 Å². The standard InChI is InChI=1S/C31H64N8O6Si2/c1-7-40-46(41-8-2,42-9-3)28-22-26-38-30(32-34-36-38)24-20-18-16-14-13-15-17-19-21-25-31-33-35-37-39(31)27-23-29-47(43-10-4,44-11-5)45-12-6/h7-29H2,1-6H3. The fourth-order valence-electron chi connectivity index (χ4n) is 5.85. The van der Waals surface area contributed by atoms with Crippen molar-refractivity contribution >= 4 is 17.6 Å². The highest BCUT2D eigenvalue weighted by Gasteiger charge is 2.40. The molecule has 14 nitrogen and oxygen atoms in total. The number of hydrogen-bond acceptors (Lipinski definition) is 12. The van der Waals surface area contributed by atoms with Gasteiger partial charge in [0.05, 0.1) is 0 Å². The van der Waals surface area contributed by atoms with Gasteiger partial charge in [0, 0.05) is 77.7 Å². The number of tetrazole rings is 2. The number of nitrogens with zero attached hydrogens (tertiary/aromatic N) is 8. The molecule has 0 amide bonds. The van der Waals surface area contributed by atoms with Crippen LogP contribution in [0, 0.1) is 0 Å². The van der Waals surface area contributed by atoms with Crippen molar-refractivity contribution in [3.8, 4) is 0 Å². The minimum atomic E-state index is -2.63. The fraction of sp³-hybridized carbons (Fsp3) is 0.935. The van der Waals surface area contributed by atoms with Crippen molar-refractivity contribution in [1.29, 1.82) is 0 Å². The molecule has 16 heteroatoms. The molecule has 0 saturated heterocycles. The van der Waals surface area contributed by atoms with E-state index < -0.39 is 17.6 Å². The van der Waals surface area contributed by atoms with Gasteiger partial charge in [-0.05, 0) is 88.1 Å². The van der Waals surface area contributed by atoms with Gasteiger partial charge in [-0.15, -0.1) is 10.2 Å². The summed E-state index contributed by atoms with van der Waals surface area (Å²) in [6.07, 6.45) is 14.5. The van der Waals surface area contributed by atoms with Gasteiger partial charge in [-0.3, -0.25) is 0 Å². The first kappa shape index (κ1) is 41.5. The second-order valence-corrected chi connectivity index (χ2v) is 17.0. The Hall–Kier alpha value is -1.67. The third-order valence-electron chi connectivity index (χ3n) is 7.90. The highest BCUT2D eigenvalue weighted by molar-refractivity contribution is 6.61. The largest absolute Gasteiger partial charge is 0.500 e. The molecule has 0 atom stereocenters. The Labute approximate surface area is 285 Å². The van der Waals surface area contributed by atoms with Crippen molar-refractivity contribution in [3.05, 3.63) is 11.6 Å². The molecule has 0 aromatic carbocycles. The van der Waals surface area contributed by atoms with Gasteiger partial charge in [-0.2, -0.15) is 0 Å². The summed E-state index contributed by atoms with van der Waals surface area (Å²) in [5, 5.41) is 24.9. The van der Waals surface area contributed by atoms with E-state index in [9.17, 15) is 0 Å². The van der Waals surface area contributed by atoms with Crippen molar-refractivity contribution in [3.63, 3.8) is 0 Å². The second-order valence-electron chi connectivity index (χ2n) is 11.5. The van der Waals surface area contributed by atoms with Gasteiger partial charge in [0.1, 0.15) is 0 Å². The first-order chi connectivity index (χ1) is 23.0. The van der Waals surface area contributed by atoms with Crippen LogP contribution in [0.1, 0.15) is 124 Å². The van der Waals surface area contributed by atoms with Crippen molar-refractivity contribution in [2.45, 2.75) is 150 Å². The fourth-order valence-corrected chi connectivity index (χ4v) is 11.0. The molecule has 0 N–H and O–H groups in total. The smallest absolute Gasteiger partial charge is 0.374 e. The van der Waals surface area contributed by atoms with Crippen LogP contribution in [0.5, 0.6) is 0 Å². The molecule has 0 saturated carbocycles. The molecule has 272 valence electrons. The first-order valence-electron chi connectivity index (χ1n) is 18.3. The zero-order valence-corrected chi connectivity index (χ0v) is 32.3. The normalized spacial score (nSPS) is 12.4. The Balaban J connectivity index is 1.55. The molecular weight excluding hydrogens is 637 g/mol. The lowest BCUT2D eigenvalue weighted by Crippen LogP contribution is -2.46. The summed E-state index contributed by atoms with van der Waals surface area (Å²) >= 11 is 0. The molecule has 0 bridgehead atoms. The van der Waals surface area contributed by atoms with Crippen LogP contribution in [0.25, 0.3) is 0 Å². The maximum absolute atomic E-state index is 5.97. The third kappa shape index (κ3) is 16.1. The molecule has 0 fully saturated rings. The molecule has 2 heterocycles.